The number of carbonyl (C=O) groups is 2. The highest BCUT2D eigenvalue weighted by atomic mass is 35.5. The van der Waals surface area contributed by atoms with E-state index < -0.39 is 11.8 Å². The van der Waals surface area contributed by atoms with Gasteiger partial charge >= 0.3 is 5.97 Å². The molecule has 0 atom stereocenters. The Balaban J connectivity index is 2.62. The fourth-order valence-electron chi connectivity index (χ4n) is 1.40. The number of halogens is 1. The van der Waals surface area contributed by atoms with Gasteiger partial charge in [-0.15, -0.1) is 0 Å². The van der Waals surface area contributed by atoms with Gasteiger partial charge in [-0.05, 0) is 6.07 Å². The van der Waals surface area contributed by atoms with Crippen molar-refractivity contribution in [1.29, 1.82) is 0 Å². The van der Waals surface area contributed by atoms with Gasteiger partial charge in [0.25, 0.3) is 5.78 Å². The number of hydrogen-bond acceptors (Lipinski definition) is 4. The molecule has 5 nitrogen and oxygen atoms in total. The molecular formula is C10H7ClN2O3. The van der Waals surface area contributed by atoms with E-state index in [-0.39, 0.29) is 5.56 Å². The zero-order valence-electron chi connectivity index (χ0n) is 8.28. The quantitative estimate of drug-likeness (QED) is 0.490. The summed E-state index contributed by atoms with van der Waals surface area (Å²) >= 11 is 5.93. The van der Waals surface area contributed by atoms with Crippen molar-refractivity contribution in [3.8, 4) is 0 Å². The summed E-state index contributed by atoms with van der Waals surface area (Å²) in [5.41, 5.74) is 0.625. The van der Waals surface area contributed by atoms with Crippen LogP contribution >= 0.6 is 11.6 Å². The molecule has 2 aromatic heterocycles. The number of nitrogens with zero attached hydrogens (tertiary/aromatic N) is 1. The molecule has 0 saturated heterocycles. The Hall–Kier alpha value is -1.88. The monoisotopic (exact) mass is 238 g/mol. The van der Waals surface area contributed by atoms with Crippen LogP contribution in [0.1, 0.15) is 10.4 Å². The fourth-order valence-corrected chi connectivity index (χ4v) is 1.65. The lowest BCUT2D eigenvalue weighted by Gasteiger charge is -1.98. The largest absolute Gasteiger partial charge is 0.463 e. The van der Waals surface area contributed by atoms with Gasteiger partial charge in [-0.3, -0.25) is 4.79 Å². The van der Waals surface area contributed by atoms with Crippen LogP contribution in [0.5, 0.6) is 0 Å². The molecule has 0 amide bonds. The van der Waals surface area contributed by atoms with Crippen LogP contribution in [-0.2, 0) is 9.53 Å². The highest BCUT2D eigenvalue weighted by Gasteiger charge is 2.22. The van der Waals surface area contributed by atoms with E-state index in [1.54, 1.807) is 6.07 Å². The minimum Gasteiger partial charge on any atom is -0.463 e. The lowest BCUT2D eigenvalue weighted by atomic mass is 10.1. The van der Waals surface area contributed by atoms with Gasteiger partial charge in [0.15, 0.2) is 0 Å². The molecule has 0 bridgehead atoms. The number of fused-ring (bicyclic) bond motifs is 1. The van der Waals surface area contributed by atoms with Crippen LogP contribution in [0, 0.1) is 0 Å². The molecule has 0 aliphatic heterocycles. The number of esters is 1. The second-order valence-corrected chi connectivity index (χ2v) is 3.45. The van der Waals surface area contributed by atoms with Gasteiger partial charge in [-0.25, -0.2) is 9.78 Å². The van der Waals surface area contributed by atoms with Gasteiger partial charge in [-0.2, -0.15) is 0 Å². The number of methoxy groups -OCH3 is 1. The first-order chi connectivity index (χ1) is 7.65. The summed E-state index contributed by atoms with van der Waals surface area (Å²) in [4.78, 5) is 29.5. The second-order valence-electron chi connectivity index (χ2n) is 3.04. The average Bonchev–Trinajstić information content (AvgIpc) is 2.72. The summed E-state index contributed by atoms with van der Waals surface area (Å²) in [5, 5.41) is 0.790. The van der Waals surface area contributed by atoms with Crippen molar-refractivity contribution < 1.29 is 14.3 Å². The van der Waals surface area contributed by atoms with Crippen molar-refractivity contribution in [3.05, 3.63) is 29.0 Å². The maximum atomic E-state index is 11.6. The van der Waals surface area contributed by atoms with Crippen molar-refractivity contribution in [2.45, 2.75) is 0 Å². The zero-order chi connectivity index (χ0) is 11.7. The number of H-pyrrole nitrogens is 1. The molecule has 0 saturated carbocycles. The number of nitrogens with one attached hydrogen (secondary N) is 1. The molecule has 0 aromatic carbocycles. The lowest BCUT2D eigenvalue weighted by molar-refractivity contribution is -0.135. The summed E-state index contributed by atoms with van der Waals surface area (Å²) < 4.78 is 4.36. The maximum absolute atomic E-state index is 11.6. The van der Waals surface area contributed by atoms with Crippen molar-refractivity contribution in [2.24, 2.45) is 0 Å². The summed E-state index contributed by atoms with van der Waals surface area (Å²) in [7, 11) is 1.15. The molecule has 0 radical (unpaired) electrons. The normalized spacial score (nSPS) is 10.4. The third kappa shape index (κ3) is 1.55. The van der Waals surface area contributed by atoms with E-state index in [0.717, 1.165) is 7.11 Å². The molecule has 0 unspecified atom stereocenters. The predicted octanol–water partition coefficient (Wildman–Crippen LogP) is 1.57. The molecule has 2 heterocycles. The molecule has 0 aliphatic carbocycles. The van der Waals surface area contributed by atoms with Crippen molar-refractivity contribution in [2.75, 3.05) is 7.11 Å². The maximum Gasteiger partial charge on any atom is 0.379 e. The Labute approximate surface area is 95.4 Å². The Morgan fingerprint density at radius 1 is 1.50 bits per heavy atom. The Morgan fingerprint density at radius 2 is 2.25 bits per heavy atom. The molecular weight excluding hydrogens is 232 g/mol. The molecule has 1 N–H and O–H groups in total. The van der Waals surface area contributed by atoms with Gasteiger partial charge < -0.3 is 9.72 Å². The molecule has 6 heteroatoms. The van der Waals surface area contributed by atoms with Crippen LogP contribution in [0.2, 0.25) is 5.02 Å². The SMILES string of the molecule is COC(=O)C(=O)c1c[nH]c2nccc(Cl)c12. The highest BCUT2D eigenvalue weighted by Crippen LogP contribution is 2.25. The summed E-state index contributed by atoms with van der Waals surface area (Å²) in [5.74, 6) is -1.68. The summed E-state index contributed by atoms with van der Waals surface area (Å²) in [6.07, 6.45) is 2.90. The van der Waals surface area contributed by atoms with Crippen molar-refractivity contribution in [3.63, 3.8) is 0 Å². The number of ether oxygens (including phenoxy) is 1. The number of carbonyl (C=O) groups excluding carboxylic acids is 2. The first kappa shape index (κ1) is 10.6. The van der Waals surface area contributed by atoms with Crippen LogP contribution in [0.4, 0.5) is 0 Å². The minimum absolute atomic E-state index is 0.167. The molecule has 0 fully saturated rings. The van der Waals surface area contributed by atoms with Gasteiger partial charge in [0.2, 0.25) is 0 Å². The molecule has 2 aromatic rings. The molecule has 82 valence electrons. The van der Waals surface area contributed by atoms with E-state index in [9.17, 15) is 9.59 Å². The standard InChI is InChI=1S/C10H7ClN2O3/c1-16-10(15)8(14)5-4-13-9-7(5)6(11)2-3-12-9/h2-4H,1H3,(H,12,13). The van der Waals surface area contributed by atoms with E-state index in [1.807, 2.05) is 0 Å². The van der Waals surface area contributed by atoms with E-state index >= 15 is 0 Å². The molecule has 2 rings (SSSR count). The number of aromatic nitrogens is 2. The van der Waals surface area contributed by atoms with Crippen LogP contribution < -0.4 is 0 Å². The summed E-state index contributed by atoms with van der Waals surface area (Å²) in [6, 6.07) is 1.55. The van der Waals surface area contributed by atoms with E-state index in [0.29, 0.717) is 16.1 Å². The Kier molecular flexibility index (Phi) is 2.62. The first-order valence-corrected chi connectivity index (χ1v) is 4.77. The van der Waals surface area contributed by atoms with Crippen molar-refractivity contribution >= 4 is 34.4 Å². The van der Waals surface area contributed by atoms with E-state index in [2.05, 4.69) is 14.7 Å². The molecule has 0 spiro atoms. The topological polar surface area (TPSA) is 72.1 Å². The van der Waals surface area contributed by atoms with Crippen LogP contribution in [0.15, 0.2) is 18.5 Å². The second kappa shape index (κ2) is 3.94. The van der Waals surface area contributed by atoms with Crippen LogP contribution in [0.25, 0.3) is 11.0 Å². The third-order valence-corrected chi connectivity index (χ3v) is 2.45. The fraction of sp³-hybridized carbons (Fsp3) is 0.100. The summed E-state index contributed by atoms with van der Waals surface area (Å²) in [6.45, 7) is 0. The van der Waals surface area contributed by atoms with Gasteiger partial charge in [0.05, 0.1) is 17.7 Å². The average molecular weight is 239 g/mol. The highest BCUT2D eigenvalue weighted by molar-refractivity contribution is 6.45. The van der Waals surface area contributed by atoms with Crippen LogP contribution in [0.3, 0.4) is 0 Å². The lowest BCUT2D eigenvalue weighted by Crippen LogP contribution is -2.15. The number of rotatable bonds is 2. The number of Topliss-reactive ketones (excluding diaryl/α,β-unsaturated/α-hetero) is 1. The minimum atomic E-state index is -0.930. The van der Waals surface area contributed by atoms with Gasteiger partial charge in [-0.1, -0.05) is 11.6 Å². The molecule has 16 heavy (non-hydrogen) atoms. The van der Waals surface area contributed by atoms with Crippen molar-refractivity contribution in [1.82, 2.24) is 9.97 Å². The number of pyridine rings is 1. The van der Waals surface area contributed by atoms with Gasteiger partial charge in [0.1, 0.15) is 5.65 Å². The van der Waals surface area contributed by atoms with Gasteiger partial charge in [0, 0.05) is 17.8 Å². The third-order valence-electron chi connectivity index (χ3n) is 2.14. The number of aromatic amines is 1. The first-order valence-electron chi connectivity index (χ1n) is 4.39. The molecule has 0 aliphatic rings. The van der Waals surface area contributed by atoms with E-state index in [4.69, 9.17) is 11.6 Å². The van der Waals surface area contributed by atoms with Crippen LogP contribution in [-0.4, -0.2) is 28.8 Å². The Bertz CT molecular complexity index is 576. The van der Waals surface area contributed by atoms with E-state index in [1.165, 1.54) is 12.4 Å². The number of ketones is 1. The Morgan fingerprint density at radius 3 is 2.94 bits per heavy atom. The number of hydrogen-bond donors (Lipinski definition) is 1. The predicted molar refractivity (Wildman–Crippen MR) is 57.5 cm³/mol. The zero-order valence-corrected chi connectivity index (χ0v) is 9.04. The smallest absolute Gasteiger partial charge is 0.379 e.